The lowest BCUT2D eigenvalue weighted by atomic mass is 10.1. The second kappa shape index (κ2) is 11.5. The molecular formula is C33H20F6NO2S+. The average Bonchev–Trinajstić information content (AvgIpc) is 3.01. The van der Waals surface area contributed by atoms with Gasteiger partial charge < -0.3 is 9.30 Å². The van der Waals surface area contributed by atoms with Crippen molar-refractivity contribution in [2.24, 2.45) is 0 Å². The van der Waals surface area contributed by atoms with E-state index in [4.69, 9.17) is 4.74 Å². The summed E-state index contributed by atoms with van der Waals surface area (Å²) in [6.45, 7) is 0.611. The van der Waals surface area contributed by atoms with Crippen molar-refractivity contribution in [1.29, 1.82) is 0 Å². The Hall–Kier alpha value is -4.70. The van der Waals surface area contributed by atoms with E-state index in [0.29, 0.717) is 53.0 Å². The maximum Gasteiger partial charge on any atom is 0.197 e. The highest BCUT2D eigenvalue weighted by atomic mass is 32.2. The van der Waals surface area contributed by atoms with Crippen molar-refractivity contribution in [1.82, 2.24) is 4.57 Å². The van der Waals surface area contributed by atoms with Crippen LogP contribution in [0, 0.1) is 34.9 Å². The summed E-state index contributed by atoms with van der Waals surface area (Å²) in [5.41, 5.74) is 0.818. The Morgan fingerprint density at radius 3 is 1.72 bits per heavy atom. The first-order chi connectivity index (χ1) is 20.7. The highest BCUT2D eigenvalue weighted by Crippen LogP contribution is 2.35. The molecule has 1 aromatic heterocycles. The van der Waals surface area contributed by atoms with E-state index in [1.165, 1.54) is 6.07 Å². The molecule has 0 amide bonds. The third-order valence-electron chi connectivity index (χ3n) is 6.89. The summed E-state index contributed by atoms with van der Waals surface area (Å²) >= 11 is 0. The summed E-state index contributed by atoms with van der Waals surface area (Å²) in [5, 5.41) is 0.615. The lowest BCUT2D eigenvalue weighted by Crippen LogP contribution is -2.16. The lowest BCUT2D eigenvalue weighted by molar-refractivity contribution is 0.302. The predicted octanol–water partition coefficient (Wildman–Crippen LogP) is 8.16. The summed E-state index contributed by atoms with van der Waals surface area (Å²) in [5.74, 6) is -8.80. The van der Waals surface area contributed by atoms with Crippen LogP contribution < -0.4 is 10.2 Å². The van der Waals surface area contributed by atoms with Crippen LogP contribution in [0.2, 0.25) is 0 Å². The van der Waals surface area contributed by atoms with E-state index in [1.807, 2.05) is 34.9 Å². The molecule has 6 rings (SSSR count). The molecule has 0 unspecified atom stereocenters. The maximum atomic E-state index is 14.4. The molecule has 43 heavy (non-hydrogen) atoms. The van der Waals surface area contributed by atoms with Crippen molar-refractivity contribution in [3.05, 3.63) is 142 Å². The number of halogens is 6. The fourth-order valence-electron chi connectivity index (χ4n) is 4.96. The molecular weight excluding hydrogens is 588 g/mol. The summed E-state index contributed by atoms with van der Waals surface area (Å²) in [4.78, 5) is 13.6. The van der Waals surface area contributed by atoms with Gasteiger partial charge in [-0.2, -0.15) is 0 Å². The number of hydrogen-bond acceptors (Lipinski definition) is 2. The minimum Gasteiger partial charge on any atom is -0.492 e. The van der Waals surface area contributed by atoms with Gasteiger partial charge in [0.25, 0.3) is 0 Å². The Balaban J connectivity index is 1.54. The van der Waals surface area contributed by atoms with Gasteiger partial charge in [0.15, 0.2) is 55.0 Å². The number of hydrogen-bond donors (Lipinski definition) is 0. The van der Waals surface area contributed by atoms with Crippen LogP contribution in [0.3, 0.4) is 0 Å². The molecule has 0 atom stereocenters. The van der Waals surface area contributed by atoms with E-state index >= 15 is 0 Å². The number of benzene rings is 5. The predicted molar refractivity (Wildman–Crippen MR) is 152 cm³/mol. The molecule has 3 nitrogen and oxygen atoms in total. The van der Waals surface area contributed by atoms with Crippen LogP contribution in [0.4, 0.5) is 26.3 Å². The second-order valence-corrected chi connectivity index (χ2v) is 11.6. The Kier molecular flexibility index (Phi) is 7.62. The topological polar surface area (TPSA) is 31.2 Å². The number of fused-ring (bicyclic) bond motifs is 2. The smallest absolute Gasteiger partial charge is 0.197 e. The summed E-state index contributed by atoms with van der Waals surface area (Å²) in [7, 11) is -1.67. The Morgan fingerprint density at radius 1 is 0.581 bits per heavy atom. The fourth-order valence-corrected chi connectivity index (χ4v) is 7.10. The Morgan fingerprint density at radius 2 is 1.12 bits per heavy atom. The van der Waals surface area contributed by atoms with Gasteiger partial charge in [0.1, 0.15) is 12.4 Å². The molecule has 0 aliphatic heterocycles. The largest absolute Gasteiger partial charge is 0.492 e. The van der Waals surface area contributed by atoms with E-state index in [-0.39, 0.29) is 32.1 Å². The quantitative estimate of drug-likeness (QED) is 0.0793. The molecule has 0 bridgehead atoms. The van der Waals surface area contributed by atoms with Gasteiger partial charge in [-0.25, -0.2) is 26.3 Å². The first-order valence-electron chi connectivity index (χ1n) is 13.0. The first kappa shape index (κ1) is 28.4. The third kappa shape index (κ3) is 5.34. The van der Waals surface area contributed by atoms with E-state index < -0.39 is 45.8 Å². The van der Waals surface area contributed by atoms with Gasteiger partial charge in [-0.1, -0.05) is 30.3 Å². The SMILES string of the molecule is O=c1c2ccccc2n(CCOc2ccccc2)c2ccc([S+](c3cc(F)c(F)c(F)c3)c3cc(F)c(F)c(F)c3)cc12. The van der Waals surface area contributed by atoms with Gasteiger partial charge in [0.05, 0.1) is 33.9 Å². The molecule has 0 aliphatic carbocycles. The average molecular weight is 609 g/mol. The Labute approximate surface area is 243 Å². The van der Waals surface area contributed by atoms with Gasteiger partial charge in [0, 0.05) is 35.7 Å². The van der Waals surface area contributed by atoms with Gasteiger partial charge >= 0.3 is 0 Å². The normalized spacial score (nSPS) is 11.5. The summed E-state index contributed by atoms with van der Waals surface area (Å²) in [6.07, 6.45) is 0. The van der Waals surface area contributed by atoms with Gasteiger partial charge in [0.2, 0.25) is 0 Å². The van der Waals surface area contributed by atoms with Crippen molar-refractivity contribution in [3.63, 3.8) is 0 Å². The van der Waals surface area contributed by atoms with Crippen LogP contribution in [0.1, 0.15) is 0 Å². The molecule has 0 fully saturated rings. The van der Waals surface area contributed by atoms with Crippen LogP contribution in [-0.4, -0.2) is 11.2 Å². The number of pyridine rings is 1. The standard InChI is InChI=1S/C33H20F6NO2S/c34-25-15-21(16-26(35)31(25)38)43(22-17-27(36)32(39)28(37)18-22)20-10-11-30-24(14-20)33(41)23-8-4-5-9-29(23)40(30)12-13-42-19-6-2-1-3-7-19/h1-11,14-18H,12-13H2/q+1. The number of para-hydroxylation sites is 2. The van der Waals surface area contributed by atoms with Crippen molar-refractivity contribution in [2.45, 2.75) is 21.2 Å². The maximum absolute atomic E-state index is 14.4. The minimum atomic E-state index is -1.71. The van der Waals surface area contributed by atoms with Crippen LogP contribution in [0.25, 0.3) is 21.8 Å². The molecule has 0 N–H and O–H groups in total. The van der Waals surface area contributed by atoms with Crippen LogP contribution in [0.15, 0.2) is 117 Å². The zero-order valence-corrected chi connectivity index (χ0v) is 22.9. The van der Waals surface area contributed by atoms with Gasteiger partial charge in [-0.05, 0) is 36.4 Å². The third-order valence-corrected chi connectivity index (χ3v) is 9.03. The molecule has 6 aromatic rings. The van der Waals surface area contributed by atoms with Crippen LogP contribution in [-0.2, 0) is 17.4 Å². The molecule has 0 radical (unpaired) electrons. The van der Waals surface area contributed by atoms with E-state index in [2.05, 4.69) is 0 Å². The molecule has 0 saturated heterocycles. The molecule has 216 valence electrons. The van der Waals surface area contributed by atoms with Gasteiger partial charge in [-0.3, -0.25) is 4.79 Å². The minimum absolute atomic E-state index is 0.168. The lowest BCUT2D eigenvalue weighted by Gasteiger charge is -2.16. The molecule has 1 heterocycles. The van der Waals surface area contributed by atoms with E-state index in [0.717, 1.165) is 0 Å². The zero-order chi connectivity index (χ0) is 30.2. The van der Waals surface area contributed by atoms with E-state index in [9.17, 15) is 31.1 Å². The monoisotopic (exact) mass is 608 g/mol. The molecule has 0 spiro atoms. The molecule has 0 aliphatic rings. The van der Waals surface area contributed by atoms with E-state index in [1.54, 1.807) is 36.4 Å². The van der Waals surface area contributed by atoms with Crippen molar-refractivity contribution < 1.29 is 31.1 Å². The van der Waals surface area contributed by atoms with Crippen LogP contribution >= 0.6 is 0 Å². The first-order valence-corrected chi connectivity index (χ1v) is 14.2. The van der Waals surface area contributed by atoms with Crippen LogP contribution in [0.5, 0.6) is 5.75 Å². The molecule has 5 aromatic carbocycles. The molecule has 10 heteroatoms. The van der Waals surface area contributed by atoms with Crippen molar-refractivity contribution >= 4 is 32.7 Å². The number of rotatable bonds is 7. The van der Waals surface area contributed by atoms with Crippen molar-refractivity contribution in [3.8, 4) is 5.75 Å². The van der Waals surface area contributed by atoms with Crippen molar-refractivity contribution in [2.75, 3.05) is 6.61 Å². The summed E-state index contributed by atoms with van der Waals surface area (Å²) in [6, 6.07) is 23.6. The molecule has 0 saturated carbocycles. The number of nitrogens with zero attached hydrogens (tertiary/aromatic N) is 1. The number of ether oxygens (including phenoxy) is 1. The van der Waals surface area contributed by atoms with Gasteiger partial charge in [-0.15, -0.1) is 0 Å². The fraction of sp³-hybridized carbons (Fsp3) is 0.0606. The highest BCUT2D eigenvalue weighted by Gasteiger charge is 2.34. The number of aromatic nitrogens is 1. The zero-order valence-electron chi connectivity index (χ0n) is 22.1. The Bertz CT molecular complexity index is 1960. The second-order valence-electron chi connectivity index (χ2n) is 9.55. The summed E-state index contributed by atoms with van der Waals surface area (Å²) < 4.78 is 92.9. The highest BCUT2D eigenvalue weighted by molar-refractivity contribution is 7.97.